The smallest absolute Gasteiger partial charge is 0.338 e. The van der Waals surface area contributed by atoms with Crippen LogP contribution in [0, 0.1) is 53.3 Å². The fraction of sp³-hybridized carbons (Fsp3) is 0.743. The number of nitrogens with two attached hydrogens (primary N) is 1. The summed E-state index contributed by atoms with van der Waals surface area (Å²) in [5, 5.41) is 0. The molecule has 3 fully saturated rings. The van der Waals surface area contributed by atoms with Crippen LogP contribution in [0.2, 0.25) is 0 Å². The second-order valence-electron chi connectivity index (χ2n) is 14.6. The number of hydrogen-bond acceptors (Lipinski definition) is 3. The Bertz CT molecular complexity index is 1060. The van der Waals surface area contributed by atoms with Gasteiger partial charge in [-0.15, -0.1) is 0 Å². The van der Waals surface area contributed by atoms with E-state index in [9.17, 15) is 4.79 Å². The van der Waals surface area contributed by atoms with Crippen molar-refractivity contribution >= 4 is 11.7 Å². The summed E-state index contributed by atoms with van der Waals surface area (Å²) >= 11 is 0. The van der Waals surface area contributed by atoms with Crippen LogP contribution in [0.15, 0.2) is 29.8 Å². The van der Waals surface area contributed by atoms with E-state index in [1.165, 1.54) is 51.4 Å². The van der Waals surface area contributed by atoms with Gasteiger partial charge in [0.2, 0.25) is 0 Å². The van der Waals surface area contributed by atoms with Gasteiger partial charge in [-0.05, 0) is 122 Å². The van der Waals surface area contributed by atoms with Gasteiger partial charge in [-0.25, -0.2) is 4.79 Å². The van der Waals surface area contributed by atoms with E-state index in [1.54, 1.807) is 11.6 Å². The van der Waals surface area contributed by atoms with E-state index in [2.05, 4.69) is 40.7 Å². The number of carbonyl (C=O) groups is 1. The van der Waals surface area contributed by atoms with Crippen molar-refractivity contribution in [1.82, 2.24) is 0 Å². The third-order valence-electron chi connectivity index (χ3n) is 12.0. The second kappa shape index (κ2) is 10.7. The Morgan fingerprint density at radius 3 is 2.58 bits per heavy atom. The zero-order valence-electron chi connectivity index (χ0n) is 25.0. The van der Waals surface area contributed by atoms with E-state index in [4.69, 9.17) is 10.5 Å². The number of rotatable bonds is 7. The van der Waals surface area contributed by atoms with Crippen LogP contribution >= 0.6 is 0 Å². The van der Waals surface area contributed by atoms with E-state index in [1.807, 2.05) is 19.1 Å². The summed E-state index contributed by atoms with van der Waals surface area (Å²) in [4.78, 5) is 13.0. The summed E-state index contributed by atoms with van der Waals surface area (Å²) in [6.07, 6.45) is 16.7. The van der Waals surface area contributed by atoms with Gasteiger partial charge < -0.3 is 10.5 Å². The second-order valence-corrected chi connectivity index (χ2v) is 14.6. The number of anilines is 1. The van der Waals surface area contributed by atoms with Gasteiger partial charge in [0, 0.05) is 12.1 Å². The van der Waals surface area contributed by atoms with Crippen LogP contribution in [0.25, 0.3) is 0 Å². The lowest BCUT2D eigenvalue weighted by Crippen LogP contribution is -2.51. The zero-order valence-corrected chi connectivity index (χ0v) is 25.0. The maximum Gasteiger partial charge on any atom is 0.338 e. The van der Waals surface area contributed by atoms with Crippen molar-refractivity contribution in [3.8, 4) is 0 Å². The molecule has 0 aliphatic heterocycles. The molecule has 3 heteroatoms. The summed E-state index contributed by atoms with van der Waals surface area (Å²) in [6, 6.07) is 5.46. The zero-order chi connectivity index (χ0) is 27.2. The SMILES string of the molecule is Cc1cc(N)ccc1C(=O)OC1CC[C@@]2(C)C(=CC[C@@H]3C2CC[C@]2(C)[C@@H]([C@H](C)CCCC(C)C)CC[C@@H]32)C1. The summed E-state index contributed by atoms with van der Waals surface area (Å²) in [6.45, 7) is 14.5. The fourth-order valence-corrected chi connectivity index (χ4v) is 9.88. The lowest BCUT2D eigenvalue weighted by Gasteiger charge is -2.58. The molecule has 3 nitrogen and oxygen atoms in total. The minimum atomic E-state index is -0.196. The van der Waals surface area contributed by atoms with Crippen molar-refractivity contribution in [3.05, 3.63) is 41.0 Å². The Labute approximate surface area is 232 Å². The third kappa shape index (κ3) is 4.97. The number of esters is 1. The summed E-state index contributed by atoms with van der Waals surface area (Å²) in [5.74, 6) is 4.93. The highest BCUT2D eigenvalue weighted by Gasteiger charge is 2.59. The first-order chi connectivity index (χ1) is 18.0. The number of allylic oxidation sites excluding steroid dienone is 1. The molecule has 210 valence electrons. The molecule has 3 saturated carbocycles. The number of hydrogen-bond donors (Lipinski definition) is 1. The number of aryl methyl sites for hydroxylation is 1. The minimum absolute atomic E-state index is 0.00765. The first-order valence-corrected chi connectivity index (χ1v) is 15.8. The molecular weight excluding hydrogens is 466 g/mol. The average Bonchev–Trinajstić information content (AvgIpc) is 3.21. The molecule has 1 aromatic rings. The molecule has 0 amide bonds. The molecule has 0 spiro atoms. The highest BCUT2D eigenvalue weighted by Crippen LogP contribution is 2.67. The highest BCUT2D eigenvalue weighted by atomic mass is 16.5. The molecule has 0 heterocycles. The Morgan fingerprint density at radius 2 is 1.84 bits per heavy atom. The van der Waals surface area contributed by atoms with Crippen molar-refractivity contribution in [2.75, 3.05) is 5.73 Å². The first-order valence-electron chi connectivity index (χ1n) is 15.8. The maximum absolute atomic E-state index is 13.0. The van der Waals surface area contributed by atoms with Gasteiger partial charge in [0.05, 0.1) is 5.56 Å². The Hall–Kier alpha value is -1.77. The molecule has 0 radical (unpaired) electrons. The topological polar surface area (TPSA) is 52.3 Å². The lowest BCUT2D eigenvalue weighted by molar-refractivity contribution is -0.0594. The van der Waals surface area contributed by atoms with Crippen LogP contribution < -0.4 is 5.73 Å². The third-order valence-corrected chi connectivity index (χ3v) is 12.0. The van der Waals surface area contributed by atoms with Crippen LogP contribution in [0.5, 0.6) is 0 Å². The average molecular weight is 520 g/mol. The number of fused-ring (bicyclic) bond motifs is 5. The summed E-state index contributed by atoms with van der Waals surface area (Å²) < 4.78 is 6.08. The molecule has 8 atom stereocenters. The van der Waals surface area contributed by atoms with Crippen molar-refractivity contribution < 1.29 is 9.53 Å². The number of nitrogen functional groups attached to an aromatic ring is 1. The van der Waals surface area contributed by atoms with Crippen molar-refractivity contribution in [1.29, 1.82) is 0 Å². The van der Waals surface area contributed by atoms with Crippen LogP contribution in [0.1, 0.15) is 121 Å². The summed E-state index contributed by atoms with van der Waals surface area (Å²) in [5.41, 5.74) is 10.5. The molecule has 38 heavy (non-hydrogen) atoms. The van der Waals surface area contributed by atoms with E-state index in [0.717, 1.165) is 60.3 Å². The van der Waals surface area contributed by atoms with E-state index < -0.39 is 0 Å². The van der Waals surface area contributed by atoms with Gasteiger partial charge in [-0.2, -0.15) is 0 Å². The molecule has 0 bridgehead atoms. The molecular formula is C35H53NO2. The van der Waals surface area contributed by atoms with Gasteiger partial charge in [-0.3, -0.25) is 0 Å². The molecule has 4 aliphatic rings. The molecule has 0 aromatic heterocycles. The monoisotopic (exact) mass is 519 g/mol. The van der Waals surface area contributed by atoms with E-state index in [-0.39, 0.29) is 17.5 Å². The molecule has 2 N–H and O–H groups in total. The van der Waals surface area contributed by atoms with Crippen molar-refractivity contribution in [2.45, 2.75) is 118 Å². The normalized spacial score (nSPS) is 37.1. The Kier molecular flexibility index (Phi) is 7.79. The predicted molar refractivity (Wildman–Crippen MR) is 158 cm³/mol. The quantitative estimate of drug-likeness (QED) is 0.222. The van der Waals surface area contributed by atoms with E-state index >= 15 is 0 Å². The minimum Gasteiger partial charge on any atom is -0.458 e. The number of ether oxygens (including phenoxy) is 1. The lowest BCUT2D eigenvalue weighted by atomic mass is 9.47. The van der Waals surface area contributed by atoms with Gasteiger partial charge in [-0.1, -0.05) is 65.5 Å². The summed E-state index contributed by atoms with van der Waals surface area (Å²) in [7, 11) is 0. The van der Waals surface area contributed by atoms with Crippen molar-refractivity contribution in [3.63, 3.8) is 0 Å². The predicted octanol–water partition coefficient (Wildman–Crippen LogP) is 9.14. The molecule has 5 rings (SSSR count). The molecule has 1 aromatic carbocycles. The van der Waals surface area contributed by atoms with Crippen LogP contribution in [0.3, 0.4) is 0 Å². The highest BCUT2D eigenvalue weighted by molar-refractivity contribution is 5.91. The number of carbonyl (C=O) groups excluding carboxylic acids is 1. The van der Waals surface area contributed by atoms with Gasteiger partial charge in [0.15, 0.2) is 0 Å². The Balaban J connectivity index is 1.25. The van der Waals surface area contributed by atoms with Gasteiger partial charge in [0.25, 0.3) is 0 Å². The molecule has 2 unspecified atom stereocenters. The fourth-order valence-electron chi connectivity index (χ4n) is 9.88. The van der Waals surface area contributed by atoms with Crippen LogP contribution in [0.4, 0.5) is 5.69 Å². The largest absolute Gasteiger partial charge is 0.458 e. The maximum atomic E-state index is 13.0. The standard InChI is InChI=1S/C35H53NO2/c1-22(2)8-7-9-23(3)30-14-15-31-29-12-10-25-21-27(38-33(37)28-13-11-26(36)20-24(28)4)16-18-34(25,5)32(29)17-19-35(30,31)6/h10-11,13,20,22-23,27,29-32H,7-9,12,14-19,21,36H2,1-6H3/t23-,27?,29+,30-,31+,32?,34+,35-/m1/s1. The molecule has 4 aliphatic carbocycles. The van der Waals surface area contributed by atoms with Crippen molar-refractivity contribution in [2.24, 2.45) is 46.3 Å². The number of benzene rings is 1. The van der Waals surface area contributed by atoms with Gasteiger partial charge in [0.1, 0.15) is 6.10 Å². The van der Waals surface area contributed by atoms with Crippen LogP contribution in [-0.4, -0.2) is 12.1 Å². The first kappa shape index (κ1) is 27.8. The molecule has 0 saturated heterocycles. The van der Waals surface area contributed by atoms with E-state index in [0.29, 0.717) is 16.7 Å². The van der Waals surface area contributed by atoms with Crippen LogP contribution in [-0.2, 0) is 4.74 Å². The van der Waals surface area contributed by atoms with Gasteiger partial charge >= 0.3 is 5.97 Å². The Morgan fingerprint density at radius 1 is 1.05 bits per heavy atom.